The lowest BCUT2D eigenvalue weighted by atomic mass is 9.91. The third-order valence-electron chi connectivity index (χ3n) is 4.77. The first kappa shape index (κ1) is 15.7. The maximum atomic E-state index is 12.7. The summed E-state index contributed by atoms with van der Waals surface area (Å²) in [5.41, 5.74) is 1.07. The number of ketones is 1. The summed E-state index contributed by atoms with van der Waals surface area (Å²) in [5, 5.41) is 10.4. The van der Waals surface area contributed by atoms with E-state index >= 15 is 0 Å². The smallest absolute Gasteiger partial charge is 0.290 e. The van der Waals surface area contributed by atoms with Crippen LogP contribution in [0.2, 0.25) is 0 Å². The second kappa shape index (κ2) is 6.14. The maximum absolute atomic E-state index is 12.7. The van der Waals surface area contributed by atoms with E-state index < -0.39 is 11.9 Å². The average molecular weight is 314 g/mol. The van der Waals surface area contributed by atoms with E-state index in [2.05, 4.69) is 4.98 Å². The van der Waals surface area contributed by atoms with Crippen molar-refractivity contribution in [1.82, 2.24) is 9.88 Å². The monoisotopic (exact) mass is 314 g/mol. The number of carbonyl (C=O) groups excluding carboxylic acids is 2. The number of rotatable bonds is 4. The number of amides is 1. The number of hydrogen-bond donors (Lipinski definition) is 1. The third-order valence-corrected chi connectivity index (χ3v) is 4.77. The molecule has 5 nitrogen and oxygen atoms in total. The molecule has 0 aromatic carbocycles. The largest absolute Gasteiger partial charge is 0.503 e. The Bertz CT molecular complexity index is 645. The van der Waals surface area contributed by atoms with Crippen molar-refractivity contribution in [1.29, 1.82) is 0 Å². The minimum Gasteiger partial charge on any atom is -0.503 e. The molecule has 1 aliphatic carbocycles. The summed E-state index contributed by atoms with van der Waals surface area (Å²) < 4.78 is 0. The Morgan fingerprint density at radius 3 is 2.43 bits per heavy atom. The lowest BCUT2D eigenvalue weighted by Gasteiger charge is -2.32. The standard InChI is InChI=1S/C18H22N2O3/c1-11(2)16(21)14-15(12-7-9-19-10-8-12)20(18(23)17(14)22)13-5-3-4-6-13/h7-11,13,15,22H,3-6H2,1-2H3. The molecule has 1 aromatic rings. The topological polar surface area (TPSA) is 70.5 Å². The fourth-order valence-electron chi connectivity index (χ4n) is 3.62. The second-order valence-electron chi connectivity index (χ2n) is 6.62. The highest BCUT2D eigenvalue weighted by atomic mass is 16.3. The van der Waals surface area contributed by atoms with E-state index in [-0.39, 0.29) is 29.1 Å². The summed E-state index contributed by atoms with van der Waals surface area (Å²) in [4.78, 5) is 31.0. The number of aromatic nitrogens is 1. The van der Waals surface area contributed by atoms with E-state index in [4.69, 9.17) is 0 Å². The molecule has 0 radical (unpaired) electrons. The Labute approximate surface area is 136 Å². The summed E-state index contributed by atoms with van der Waals surface area (Å²) >= 11 is 0. The molecule has 0 saturated heterocycles. The maximum Gasteiger partial charge on any atom is 0.290 e. The van der Waals surface area contributed by atoms with Gasteiger partial charge in [0.05, 0.1) is 11.6 Å². The molecule has 1 aliphatic heterocycles. The summed E-state index contributed by atoms with van der Waals surface area (Å²) in [5.74, 6) is -1.23. The molecule has 5 heteroatoms. The molecule has 1 amide bonds. The van der Waals surface area contributed by atoms with E-state index in [1.165, 1.54) is 0 Å². The van der Waals surface area contributed by atoms with Crippen LogP contribution in [-0.4, -0.2) is 32.7 Å². The van der Waals surface area contributed by atoms with Crippen molar-refractivity contribution in [2.24, 2.45) is 5.92 Å². The van der Waals surface area contributed by atoms with Gasteiger partial charge in [-0.2, -0.15) is 0 Å². The number of nitrogens with zero attached hydrogens (tertiary/aromatic N) is 2. The molecule has 1 fully saturated rings. The van der Waals surface area contributed by atoms with Gasteiger partial charge >= 0.3 is 0 Å². The van der Waals surface area contributed by atoms with Crippen molar-refractivity contribution in [2.45, 2.75) is 51.6 Å². The number of aliphatic hydroxyl groups is 1. The Kier molecular flexibility index (Phi) is 4.20. The van der Waals surface area contributed by atoms with Crippen LogP contribution >= 0.6 is 0 Å². The van der Waals surface area contributed by atoms with Gasteiger partial charge in [-0.05, 0) is 30.5 Å². The van der Waals surface area contributed by atoms with Gasteiger partial charge in [-0.1, -0.05) is 26.7 Å². The second-order valence-corrected chi connectivity index (χ2v) is 6.62. The molecule has 1 saturated carbocycles. The lowest BCUT2D eigenvalue weighted by molar-refractivity contribution is -0.131. The van der Waals surface area contributed by atoms with Crippen LogP contribution in [0, 0.1) is 5.92 Å². The van der Waals surface area contributed by atoms with Gasteiger partial charge in [-0.25, -0.2) is 0 Å². The molecular formula is C18H22N2O3. The van der Waals surface area contributed by atoms with Crippen LogP contribution in [0.3, 0.4) is 0 Å². The van der Waals surface area contributed by atoms with Gasteiger partial charge in [0.2, 0.25) is 0 Å². The predicted octanol–water partition coefficient (Wildman–Crippen LogP) is 2.94. The first-order valence-corrected chi connectivity index (χ1v) is 8.22. The van der Waals surface area contributed by atoms with Gasteiger partial charge in [-0.15, -0.1) is 0 Å². The Morgan fingerprint density at radius 2 is 1.87 bits per heavy atom. The summed E-state index contributed by atoms with van der Waals surface area (Å²) in [6.45, 7) is 3.57. The molecule has 0 bridgehead atoms. The molecule has 1 N–H and O–H groups in total. The highest BCUT2D eigenvalue weighted by Crippen LogP contribution is 2.42. The lowest BCUT2D eigenvalue weighted by Crippen LogP contribution is -2.38. The SMILES string of the molecule is CC(C)C(=O)C1=C(O)C(=O)N(C2CCCC2)C1c1ccncc1. The zero-order valence-electron chi connectivity index (χ0n) is 13.5. The first-order chi connectivity index (χ1) is 11.0. The molecular weight excluding hydrogens is 292 g/mol. The average Bonchev–Trinajstić information content (AvgIpc) is 3.15. The minimum atomic E-state index is -0.497. The van der Waals surface area contributed by atoms with E-state index in [0.29, 0.717) is 0 Å². The normalized spacial score (nSPS) is 22.5. The zero-order chi connectivity index (χ0) is 16.6. The molecule has 122 valence electrons. The van der Waals surface area contributed by atoms with Crippen molar-refractivity contribution in [3.63, 3.8) is 0 Å². The van der Waals surface area contributed by atoms with Crippen molar-refractivity contribution < 1.29 is 14.7 Å². The fourth-order valence-corrected chi connectivity index (χ4v) is 3.62. The molecule has 1 aromatic heterocycles. The molecule has 2 heterocycles. The van der Waals surface area contributed by atoms with Crippen molar-refractivity contribution in [3.05, 3.63) is 41.4 Å². The summed E-state index contributed by atoms with van der Waals surface area (Å²) in [7, 11) is 0. The number of carbonyl (C=O) groups is 2. The molecule has 2 aliphatic rings. The zero-order valence-corrected chi connectivity index (χ0v) is 13.5. The molecule has 23 heavy (non-hydrogen) atoms. The number of hydrogen-bond acceptors (Lipinski definition) is 4. The van der Waals surface area contributed by atoms with Crippen LogP contribution in [-0.2, 0) is 9.59 Å². The van der Waals surface area contributed by atoms with E-state index in [0.717, 1.165) is 31.2 Å². The van der Waals surface area contributed by atoms with Gasteiger partial charge in [-0.3, -0.25) is 14.6 Å². The number of pyridine rings is 1. The van der Waals surface area contributed by atoms with Crippen LogP contribution in [0.15, 0.2) is 35.9 Å². The highest BCUT2D eigenvalue weighted by Gasteiger charge is 2.47. The van der Waals surface area contributed by atoms with Gasteiger partial charge in [0.1, 0.15) is 0 Å². The van der Waals surface area contributed by atoms with Crippen LogP contribution in [0.5, 0.6) is 0 Å². The Balaban J connectivity index is 2.08. The summed E-state index contributed by atoms with van der Waals surface area (Å²) in [6, 6.07) is 3.21. The summed E-state index contributed by atoms with van der Waals surface area (Å²) in [6.07, 6.45) is 7.30. The quantitative estimate of drug-likeness (QED) is 0.927. The van der Waals surface area contributed by atoms with E-state index in [9.17, 15) is 14.7 Å². The van der Waals surface area contributed by atoms with E-state index in [1.54, 1.807) is 31.1 Å². The van der Waals surface area contributed by atoms with Crippen molar-refractivity contribution in [2.75, 3.05) is 0 Å². The molecule has 3 rings (SSSR count). The van der Waals surface area contributed by atoms with Gasteiger partial charge in [0.15, 0.2) is 11.5 Å². The van der Waals surface area contributed by atoms with E-state index in [1.807, 2.05) is 12.1 Å². The molecule has 1 atom stereocenters. The highest BCUT2D eigenvalue weighted by molar-refractivity contribution is 6.09. The fraction of sp³-hybridized carbons (Fsp3) is 0.500. The van der Waals surface area contributed by atoms with Crippen molar-refractivity contribution in [3.8, 4) is 0 Å². The van der Waals surface area contributed by atoms with Gasteiger partial charge in [0.25, 0.3) is 5.91 Å². The van der Waals surface area contributed by atoms with Crippen LogP contribution in [0.4, 0.5) is 0 Å². The van der Waals surface area contributed by atoms with Gasteiger partial charge in [0, 0.05) is 24.4 Å². The van der Waals surface area contributed by atoms with Crippen LogP contribution < -0.4 is 0 Å². The van der Waals surface area contributed by atoms with Crippen LogP contribution in [0.1, 0.15) is 51.1 Å². The van der Waals surface area contributed by atoms with Crippen LogP contribution in [0.25, 0.3) is 0 Å². The number of Topliss-reactive ketones (excluding diaryl/α,β-unsaturated/α-hetero) is 1. The first-order valence-electron chi connectivity index (χ1n) is 8.22. The molecule has 0 spiro atoms. The predicted molar refractivity (Wildman–Crippen MR) is 85.6 cm³/mol. The van der Waals surface area contributed by atoms with Gasteiger partial charge < -0.3 is 10.0 Å². The third kappa shape index (κ3) is 2.64. The van der Waals surface area contributed by atoms with Crippen molar-refractivity contribution >= 4 is 11.7 Å². The Morgan fingerprint density at radius 1 is 1.26 bits per heavy atom. The minimum absolute atomic E-state index is 0.0836. The Hall–Kier alpha value is -2.17. The molecule has 1 unspecified atom stereocenters. The number of aliphatic hydroxyl groups excluding tert-OH is 1.